The maximum atomic E-state index is 11.7. The second kappa shape index (κ2) is 7.97. The van der Waals surface area contributed by atoms with Gasteiger partial charge in [-0.1, -0.05) is 5.11 Å². The van der Waals surface area contributed by atoms with Gasteiger partial charge in [-0.25, -0.2) is 0 Å². The van der Waals surface area contributed by atoms with Crippen LogP contribution in [0.3, 0.4) is 0 Å². The van der Waals surface area contributed by atoms with Crippen molar-refractivity contribution in [3.63, 3.8) is 0 Å². The first kappa shape index (κ1) is 13.9. The number of nitrogens with one attached hydrogen (secondary N) is 1. The Morgan fingerprint density at radius 1 is 1.39 bits per heavy atom. The molecule has 0 spiro atoms. The zero-order chi connectivity index (χ0) is 13.2. The Bertz CT molecular complexity index is 424. The summed E-state index contributed by atoms with van der Waals surface area (Å²) in [5.74, 6) is 0.613. The maximum Gasteiger partial charge on any atom is 0.251 e. The number of amides is 1. The van der Waals surface area contributed by atoms with Crippen LogP contribution in [0.5, 0.6) is 5.75 Å². The first-order chi connectivity index (χ1) is 8.77. The number of unbranched alkanes of at least 4 members (excludes halogenated alkanes) is 1. The van der Waals surface area contributed by atoms with Gasteiger partial charge in [0.2, 0.25) is 0 Å². The van der Waals surface area contributed by atoms with Crippen LogP contribution in [0.15, 0.2) is 29.4 Å². The average molecular weight is 248 g/mol. The quantitative estimate of drug-likeness (QED) is 0.348. The highest BCUT2D eigenvalue weighted by Crippen LogP contribution is 2.10. The maximum absolute atomic E-state index is 11.7. The van der Waals surface area contributed by atoms with E-state index in [4.69, 9.17) is 10.3 Å². The molecule has 0 aliphatic carbocycles. The van der Waals surface area contributed by atoms with Crippen molar-refractivity contribution in [2.75, 3.05) is 20.2 Å². The minimum Gasteiger partial charge on any atom is -0.497 e. The Labute approximate surface area is 106 Å². The number of nitrogens with zero attached hydrogens (tertiary/aromatic N) is 3. The Morgan fingerprint density at radius 2 is 2.11 bits per heavy atom. The highest BCUT2D eigenvalue weighted by atomic mass is 16.5. The molecule has 0 radical (unpaired) electrons. The summed E-state index contributed by atoms with van der Waals surface area (Å²) in [7, 11) is 1.58. The lowest BCUT2D eigenvalue weighted by molar-refractivity contribution is 0.0953. The van der Waals surface area contributed by atoms with Crippen molar-refractivity contribution in [3.8, 4) is 5.75 Å². The SMILES string of the molecule is COc1ccc(C(=O)NCCCCN=[N+]=[N-])cc1. The van der Waals surface area contributed by atoms with Crippen molar-refractivity contribution in [1.82, 2.24) is 5.32 Å². The van der Waals surface area contributed by atoms with E-state index >= 15 is 0 Å². The van der Waals surface area contributed by atoms with E-state index in [1.807, 2.05) is 0 Å². The Kier molecular flexibility index (Phi) is 6.14. The molecule has 1 aromatic carbocycles. The van der Waals surface area contributed by atoms with Gasteiger partial charge in [-0.2, -0.15) is 0 Å². The van der Waals surface area contributed by atoms with Gasteiger partial charge in [-0.15, -0.1) is 0 Å². The first-order valence-electron chi connectivity index (χ1n) is 5.71. The minimum atomic E-state index is -0.110. The van der Waals surface area contributed by atoms with Gasteiger partial charge in [0.05, 0.1) is 7.11 Å². The van der Waals surface area contributed by atoms with Crippen molar-refractivity contribution in [3.05, 3.63) is 40.3 Å². The Morgan fingerprint density at radius 3 is 2.72 bits per heavy atom. The smallest absolute Gasteiger partial charge is 0.251 e. The number of carbonyl (C=O) groups is 1. The van der Waals surface area contributed by atoms with Crippen LogP contribution < -0.4 is 10.1 Å². The molecule has 6 nitrogen and oxygen atoms in total. The molecule has 0 saturated heterocycles. The summed E-state index contributed by atoms with van der Waals surface area (Å²) in [6.07, 6.45) is 1.56. The summed E-state index contributed by atoms with van der Waals surface area (Å²) < 4.78 is 5.01. The zero-order valence-corrected chi connectivity index (χ0v) is 10.3. The van der Waals surface area contributed by atoms with Crippen molar-refractivity contribution >= 4 is 5.91 Å². The molecule has 0 saturated carbocycles. The summed E-state index contributed by atoms with van der Waals surface area (Å²) in [5.41, 5.74) is 8.68. The predicted molar refractivity (Wildman–Crippen MR) is 68.6 cm³/mol. The predicted octanol–water partition coefficient (Wildman–Crippen LogP) is 2.52. The third kappa shape index (κ3) is 4.76. The van der Waals surface area contributed by atoms with E-state index in [2.05, 4.69) is 15.3 Å². The normalized spacial score (nSPS) is 9.39. The van der Waals surface area contributed by atoms with Gasteiger partial charge >= 0.3 is 0 Å². The fourth-order valence-corrected chi connectivity index (χ4v) is 1.40. The molecule has 1 aromatic rings. The molecule has 0 fully saturated rings. The fourth-order valence-electron chi connectivity index (χ4n) is 1.40. The van der Waals surface area contributed by atoms with Crippen LogP contribution in [0.1, 0.15) is 23.2 Å². The number of methoxy groups -OCH3 is 1. The molecule has 6 heteroatoms. The van der Waals surface area contributed by atoms with Crippen LogP contribution in [0.25, 0.3) is 10.4 Å². The molecule has 0 atom stereocenters. The van der Waals surface area contributed by atoms with E-state index in [1.54, 1.807) is 31.4 Å². The summed E-state index contributed by atoms with van der Waals surface area (Å²) in [6.45, 7) is 1.04. The molecule has 0 aliphatic heterocycles. The lowest BCUT2D eigenvalue weighted by Gasteiger charge is -2.05. The largest absolute Gasteiger partial charge is 0.497 e. The number of carbonyl (C=O) groups excluding carboxylic acids is 1. The third-order valence-corrected chi connectivity index (χ3v) is 2.39. The van der Waals surface area contributed by atoms with E-state index < -0.39 is 0 Å². The Hall–Kier alpha value is -2.20. The lowest BCUT2D eigenvalue weighted by Crippen LogP contribution is -2.24. The van der Waals surface area contributed by atoms with E-state index in [0.29, 0.717) is 18.7 Å². The molecule has 0 aromatic heterocycles. The molecule has 18 heavy (non-hydrogen) atoms. The molecular weight excluding hydrogens is 232 g/mol. The standard InChI is InChI=1S/C12H16N4O2/c1-18-11-6-4-10(5-7-11)12(17)14-8-2-3-9-15-16-13/h4-7H,2-3,8-9H2,1H3,(H,14,17). The second-order valence-corrected chi connectivity index (χ2v) is 3.65. The zero-order valence-electron chi connectivity index (χ0n) is 10.3. The van der Waals surface area contributed by atoms with Crippen LogP contribution in [0.4, 0.5) is 0 Å². The van der Waals surface area contributed by atoms with Gasteiger partial charge in [-0.05, 0) is 42.6 Å². The van der Waals surface area contributed by atoms with Crippen LogP contribution in [0, 0.1) is 0 Å². The van der Waals surface area contributed by atoms with Crippen LogP contribution in [0.2, 0.25) is 0 Å². The van der Waals surface area contributed by atoms with Gasteiger partial charge in [0, 0.05) is 23.6 Å². The van der Waals surface area contributed by atoms with Crippen molar-refractivity contribution in [2.45, 2.75) is 12.8 Å². The monoisotopic (exact) mass is 248 g/mol. The minimum absolute atomic E-state index is 0.110. The van der Waals surface area contributed by atoms with Gasteiger partial charge in [0.25, 0.3) is 5.91 Å². The molecule has 0 unspecified atom stereocenters. The van der Waals surface area contributed by atoms with E-state index in [9.17, 15) is 4.79 Å². The van der Waals surface area contributed by atoms with Crippen LogP contribution in [-0.2, 0) is 0 Å². The summed E-state index contributed by atoms with van der Waals surface area (Å²) >= 11 is 0. The van der Waals surface area contributed by atoms with Gasteiger partial charge in [0.15, 0.2) is 0 Å². The van der Waals surface area contributed by atoms with Gasteiger partial charge in [0.1, 0.15) is 5.75 Å². The molecule has 1 N–H and O–H groups in total. The van der Waals surface area contributed by atoms with E-state index in [-0.39, 0.29) is 5.91 Å². The summed E-state index contributed by atoms with van der Waals surface area (Å²) in [5, 5.41) is 6.22. The van der Waals surface area contributed by atoms with Crippen LogP contribution in [-0.4, -0.2) is 26.1 Å². The average Bonchev–Trinajstić information content (AvgIpc) is 2.42. The van der Waals surface area contributed by atoms with Crippen molar-refractivity contribution < 1.29 is 9.53 Å². The Balaban J connectivity index is 2.29. The molecule has 0 aliphatic rings. The lowest BCUT2D eigenvalue weighted by atomic mass is 10.2. The number of hydrogen-bond donors (Lipinski definition) is 1. The van der Waals surface area contributed by atoms with Crippen molar-refractivity contribution in [2.24, 2.45) is 5.11 Å². The van der Waals surface area contributed by atoms with Gasteiger partial charge in [-0.3, -0.25) is 4.79 Å². The highest BCUT2D eigenvalue weighted by molar-refractivity contribution is 5.94. The van der Waals surface area contributed by atoms with E-state index in [0.717, 1.165) is 18.6 Å². The summed E-state index contributed by atoms with van der Waals surface area (Å²) in [6, 6.07) is 6.93. The first-order valence-corrected chi connectivity index (χ1v) is 5.71. The topological polar surface area (TPSA) is 87.1 Å². The fraction of sp³-hybridized carbons (Fsp3) is 0.417. The number of azide groups is 1. The summed E-state index contributed by atoms with van der Waals surface area (Å²) in [4.78, 5) is 14.4. The molecule has 0 bridgehead atoms. The third-order valence-electron chi connectivity index (χ3n) is 2.39. The number of ether oxygens (including phenoxy) is 1. The molecular formula is C12H16N4O2. The second-order valence-electron chi connectivity index (χ2n) is 3.65. The van der Waals surface area contributed by atoms with Gasteiger partial charge < -0.3 is 10.1 Å². The van der Waals surface area contributed by atoms with E-state index in [1.165, 1.54) is 0 Å². The number of rotatable bonds is 7. The number of hydrogen-bond acceptors (Lipinski definition) is 3. The number of benzene rings is 1. The molecule has 1 amide bonds. The molecule has 1 rings (SSSR count). The van der Waals surface area contributed by atoms with Crippen LogP contribution >= 0.6 is 0 Å². The highest BCUT2D eigenvalue weighted by Gasteiger charge is 2.04. The molecule has 96 valence electrons. The molecule has 0 heterocycles. The van der Waals surface area contributed by atoms with Crippen molar-refractivity contribution in [1.29, 1.82) is 0 Å².